The van der Waals surface area contributed by atoms with Gasteiger partial charge in [0.05, 0.1) is 11.4 Å². The van der Waals surface area contributed by atoms with Gasteiger partial charge in [-0.25, -0.2) is 12.7 Å². The highest BCUT2D eigenvalue weighted by Gasteiger charge is 2.37. The molecule has 0 bridgehead atoms. The van der Waals surface area contributed by atoms with E-state index >= 15 is 0 Å². The largest absolute Gasteiger partial charge is 0.393 e. The zero-order chi connectivity index (χ0) is 24.0. The Morgan fingerprint density at radius 1 is 0.794 bits per heavy atom. The average Bonchev–Trinajstić information content (AvgIpc) is 2.87. The molecule has 2 aromatic rings. The highest BCUT2D eigenvalue weighted by molar-refractivity contribution is 7.89. The van der Waals surface area contributed by atoms with E-state index in [1.165, 1.54) is 16.4 Å². The second-order valence-electron chi connectivity index (χ2n) is 9.13. The molecule has 5 rings (SSSR count). The van der Waals surface area contributed by atoms with Crippen molar-refractivity contribution in [2.24, 2.45) is 0 Å². The van der Waals surface area contributed by atoms with Crippen molar-refractivity contribution in [1.29, 1.82) is 0 Å². The van der Waals surface area contributed by atoms with Crippen LogP contribution in [0.3, 0.4) is 0 Å². The lowest BCUT2D eigenvalue weighted by Gasteiger charge is -2.36. The van der Waals surface area contributed by atoms with Crippen LogP contribution in [0.25, 0.3) is 0 Å². The summed E-state index contributed by atoms with van der Waals surface area (Å²) in [6, 6.07) is 11.2. The molecule has 178 valence electrons. The first kappa shape index (κ1) is 22.9. The Morgan fingerprint density at radius 2 is 1.35 bits per heavy atom. The monoisotopic (exact) mass is 482 g/mol. The van der Waals surface area contributed by atoms with E-state index in [0.717, 1.165) is 0 Å². The summed E-state index contributed by atoms with van der Waals surface area (Å²) in [5.74, 6) is -0.796. The van der Waals surface area contributed by atoms with Gasteiger partial charge in [0.25, 0.3) is 5.91 Å². The Kier molecular flexibility index (Phi) is 5.87. The van der Waals surface area contributed by atoms with Crippen LogP contribution in [0.4, 0.5) is 0 Å². The molecule has 34 heavy (non-hydrogen) atoms. The quantitative estimate of drug-likeness (QED) is 0.610. The zero-order valence-corrected chi connectivity index (χ0v) is 19.5. The fourth-order valence-corrected chi connectivity index (χ4v) is 7.03. The molecule has 1 aliphatic carbocycles. The van der Waals surface area contributed by atoms with Crippen molar-refractivity contribution in [1.82, 2.24) is 9.21 Å². The van der Waals surface area contributed by atoms with Gasteiger partial charge in [-0.1, -0.05) is 24.3 Å². The van der Waals surface area contributed by atoms with Crippen LogP contribution in [-0.2, 0) is 10.0 Å². The molecule has 2 heterocycles. The summed E-state index contributed by atoms with van der Waals surface area (Å²) in [4.78, 5) is 40.5. The number of sulfonamides is 1. The SMILES string of the molecule is O=C1c2ccccc2C(=O)c2cc(C(=O)N3CCC(S(=O)(=O)N4CCC(O)CC4)CC3)ccc21. The van der Waals surface area contributed by atoms with Crippen LogP contribution >= 0.6 is 0 Å². The van der Waals surface area contributed by atoms with Gasteiger partial charge >= 0.3 is 0 Å². The Morgan fingerprint density at radius 3 is 1.97 bits per heavy atom. The number of benzene rings is 2. The highest BCUT2D eigenvalue weighted by Crippen LogP contribution is 2.29. The number of aliphatic hydroxyl groups is 1. The third-order valence-electron chi connectivity index (χ3n) is 7.11. The number of hydrogen-bond donors (Lipinski definition) is 1. The summed E-state index contributed by atoms with van der Waals surface area (Å²) in [5.41, 5.74) is 1.52. The number of carbonyl (C=O) groups is 3. The van der Waals surface area contributed by atoms with Crippen molar-refractivity contribution in [2.75, 3.05) is 26.2 Å². The van der Waals surface area contributed by atoms with Gasteiger partial charge in [0.15, 0.2) is 11.6 Å². The number of fused-ring (bicyclic) bond motifs is 2. The number of nitrogens with zero attached hydrogens (tertiary/aromatic N) is 2. The molecule has 2 aromatic carbocycles. The molecule has 0 spiro atoms. The van der Waals surface area contributed by atoms with Crippen LogP contribution in [-0.4, -0.2) is 77.7 Å². The molecule has 0 aromatic heterocycles. The smallest absolute Gasteiger partial charge is 0.253 e. The van der Waals surface area contributed by atoms with Crippen molar-refractivity contribution in [3.63, 3.8) is 0 Å². The van der Waals surface area contributed by atoms with Crippen LogP contribution in [0, 0.1) is 0 Å². The van der Waals surface area contributed by atoms with Gasteiger partial charge in [-0.15, -0.1) is 0 Å². The number of hydrogen-bond acceptors (Lipinski definition) is 6. The van der Waals surface area contributed by atoms with Gasteiger partial charge in [0.2, 0.25) is 10.0 Å². The summed E-state index contributed by atoms with van der Waals surface area (Å²) in [5, 5.41) is 9.10. The Hall–Kier alpha value is -2.88. The second kappa shape index (κ2) is 8.72. The predicted molar refractivity (Wildman–Crippen MR) is 124 cm³/mol. The van der Waals surface area contributed by atoms with Crippen LogP contribution in [0.1, 0.15) is 67.9 Å². The lowest BCUT2D eigenvalue weighted by molar-refractivity contribution is 0.0722. The molecule has 2 saturated heterocycles. The standard InChI is InChI=1S/C25H26N2O6S/c28-17-7-13-27(14-8-17)34(32,33)18-9-11-26(12-10-18)25(31)16-5-6-21-22(15-16)24(30)20-4-2-1-3-19(20)23(21)29/h1-6,15,17-18,28H,7-14H2. The van der Waals surface area contributed by atoms with Crippen molar-refractivity contribution < 1.29 is 27.9 Å². The first-order valence-corrected chi connectivity index (χ1v) is 13.1. The minimum absolute atomic E-state index is 0.222. The molecule has 0 unspecified atom stereocenters. The minimum atomic E-state index is -3.47. The molecular weight excluding hydrogens is 456 g/mol. The molecule has 0 saturated carbocycles. The minimum Gasteiger partial charge on any atom is -0.393 e. The van der Waals surface area contributed by atoms with Gasteiger partial charge < -0.3 is 10.0 Å². The third-order valence-corrected chi connectivity index (χ3v) is 9.50. The maximum Gasteiger partial charge on any atom is 0.253 e. The van der Waals surface area contributed by atoms with Crippen molar-refractivity contribution in [3.05, 3.63) is 70.3 Å². The Labute approximate surface area is 198 Å². The fourth-order valence-electron chi connectivity index (χ4n) is 5.08. The number of likely N-dealkylation sites (tertiary alicyclic amines) is 1. The lowest BCUT2D eigenvalue weighted by Crippen LogP contribution is -2.49. The first-order valence-electron chi connectivity index (χ1n) is 11.6. The van der Waals surface area contributed by atoms with Gasteiger partial charge in [-0.3, -0.25) is 14.4 Å². The summed E-state index contributed by atoms with van der Waals surface area (Å²) in [6.45, 7) is 1.25. The normalized spacial score (nSPS) is 20.2. The Bertz CT molecular complexity index is 1270. The topological polar surface area (TPSA) is 112 Å². The lowest BCUT2D eigenvalue weighted by atomic mass is 9.83. The molecule has 3 aliphatic rings. The number of aliphatic hydroxyl groups excluding tert-OH is 1. The van der Waals surface area contributed by atoms with E-state index in [-0.39, 0.29) is 28.6 Å². The van der Waals surface area contributed by atoms with E-state index in [9.17, 15) is 27.9 Å². The molecule has 0 radical (unpaired) electrons. The summed E-state index contributed by atoms with van der Waals surface area (Å²) < 4.78 is 27.5. The molecule has 2 fully saturated rings. The molecule has 2 aliphatic heterocycles. The molecule has 1 amide bonds. The van der Waals surface area contributed by atoms with Gasteiger partial charge in [0, 0.05) is 54.0 Å². The summed E-state index contributed by atoms with van der Waals surface area (Å²) in [7, 11) is -3.47. The van der Waals surface area contributed by atoms with Crippen LogP contribution in [0.15, 0.2) is 42.5 Å². The predicted octanol–water partition coefficient (Wildman–Crippen LogP) is 1.85. The van der Waals surface area contributed by atoms with Crippen molar-refractivity contribution >= 4 is 27.5 Å². The highest BCUT2D eigenvalue weighted by atomic mass is 32.2. The molecule has 8 nitrogen and oxygen atoms in total. The van der Waals surface area contributed by atoms with Crippen LogP contribution in [0.5, 0.6) is 0 Å². The van der Waals surface area contributed by atoms with E-state index in [2.05, 4.69) is 0 Å². The van der Waals surface area contributed by atoms with E-state index in [0.29, 0.717) is 68.6 Å². The van der Waals surface area contributed by atoms with Crippen LogP contribution in [0.2, 0.25) is 0 Å². The van der Waals surface area contributed by atoms with E-state index in [1.54, 1.807) is 35.2 Å². The number of rotatable bonds is 3. The summed E-state index contributed by atoms with van der Waals surface area (Å²) >= 11 is 0. The van der Waals surface area contributed by atoms with Gasteiger partial charge in [-0.05, 0) is 43.9 Å². The third kappa shape index (κ3) is 3.87. The average molecular weight is 483 g/mol. The van der Waals surface area contributed by atoms with E-state index in [4.69, 9.17) is 0 Å². The molecule has 9 heteroatoms. The molecule has 0 atom stereocenters. The maximum atomic E-state index is 13.2. The molecular formula is C25H26N2O6S. The van der Waals surface area contributed by atoms with E-state index < -0.39 is 21.4 Å². The van der Waals surface area contributed by atoms with Crippen molar-refractivity contribution in [3.8, 4) is 0 Å². The Balaban J connectivity index is 1.29. The number of ketones is 2. The molecule has 1 N–H and O–H groups in total. The van der Waals surface area contributed by atoms with Gasteiger partial charge in [0.1, 0.15) is 0 Å². The summed E-state index contributed by atoms with van der Waals surface area (Å²) in [6.07, 6.45) is 1.12. The number of amides is 1. The second-order valence-corrected chi connectivity index (χ2v) is 11.3. The van der Waals surface area contributed by atoms with E-state index in [1.807, 2.05) is 0 Å². The van der Waals surface area contributed by atoms with Gasteiger partial charge in [-0.2, -0.15) is 0 Å². The first-order chi connectivity index (χ1) is 16.3. The zero-order valence-electron chi connectivity index (χ0n) is 18.6. The number of piperidine rings is 2. The van der Waals surface area contributed by atoms with Crippen LogP contribution < -0.4 is 0 Å². The maximum absolute atomic E-state index is 13.2. The fraction of sp³-hybridized carbons (Fsp3) is 0.400. The van der Waals surface area contributed by atoms with Crippen molar-refractivity contribution in [2.45, 2.75) is 37.0 Å². The number of carbonyl (C=O) groups excluding carboxylic acids is 3.